The van der Waals surface area contributed by atoms with E-state index in [0.29, 0.717) is 12.2 Å². The summed E-state index contributed by atoms with van der Waals surface area (Å²) in [5, 5.41) is 0. The van der Waals surface area contributed by atoms with Gasteiger partial charge in [0.2, 0.25) is 0 Å². The molecule has 0 saturated carbocycles. The summed E-state index contributed by atoms with van der Waals surface area (Å²) in [6.07, 6.45) is 1.70. The van der Waals surface area contributed by atoms with Gasteiger partial charge in [-0.3, -0.25) is 4.79 Å². The van der Waals surface area contributed by atoms with Gasteiger partial charge in [-0.25, -0.2) is 0 Å². The van der Waals surface area contributed by atoms with Gasteiger partial charge in [-0.2, -0.15) is 0 Å². The van der Waals surface area contributed by atoms with Crippen LogP contribution in [0.5, 0.6) is 0 Å². The molecule has 0 bridgehead atoms. The molecule has 1 aromatic carbocycles. The lowest BCUT2D eigenvalue weighted by Crippen LogP contribution is -2.19. The Labute approximate surface area is 117 Å². The molecular formula is C15H18N2OS. The van der Waals surface area contributed by atoms with Crippen LogP contribution in [-0.2, 0) is 6.54 Å². The van der Waals surface area contributed by atoms with E-state index in [1.807, 2.05) is 0 Å². The first-order chi connectivity index (χ1) is 9.06. The molecule has 3 nitrogen and oxygen atoms in total. The van der Waals surface area contributed by atoms with Gasteiger partial charge in [0.1, 0.15) is 0 Å². The van der Waals surface area contributed by atoms with E-state index in [9.17, 15) is 4.79 Å². The summed E-state index contributed by atoms with van der Waals surface area (Å²) in [6, 6.07) is 9.58. The van der Waals surface area contributed by atoms with Gasteiger partial charge in [0.05, 0.1) is 0 Å². The van der Waals surface area contributed by atoms with Gasteiger partial charge in [0.25, 0.3) is 5.56 Å². The second kappa shape index (κ2) is 5.97. The third-order valence-electron chi connectivity index (χ3n) is 3.09. The van der Waals surface area contributed by atoms with Gasteiger partial charge >= 0.3 is 0 Å². The summed E-state index contributed by atoms with van der Waals surface area (Å²) in [7, 11) is 0. The minimum absolute atomic E-state index is 0.00473. The molecule has 2 rings (SSSR count). The molecule has 0 unspecified atom stereocenters. The maximum Gasteiger partial charge on any atom is 0.250 e. The Morgan fingerprint density at radius 1 is 1.16 bits per heavy atom. The number of aromatic nitrogens is 1. The normalized spacial score (nSPS) is 10.6. The van der Waals surface area contributed by atoms with Crippen molar-refractivity contribution in [3.63, 3.8) is 0 Å². The van der Waals surface area contributed by atoms with Crippen LogP contribution in [0.2, 0.25) is 0 Å². The lowest BCUT2D eigenvalue weighted by molar-refractivity contribution is 0.737. The largest absolute Gasteiger partial charge is 0.398 e. The molecule has 4 heteroatoms. The molecule has 0 saturated heterocycles. The average Bonchev–Trinajstić information content (AvgIpc) is 2.38. The molecule has 0 aliphatic carbocycles. The molecule has 1 heterocycles. The maximum absolute atomic E-state index is 11.6. The lowest BCUT2D eigenvalue weighted by atomic mass is 10.1. The van der Waals surface area contributed by atoms with Crippen LogP contribution in [0, 0.1) is 13.8 Å². The molecule has 0 aliphatic heterocycles. The summed E-state index contributed by atoms with van der Waals surface area (Å²) >= 11 is 1.75. The smallest absolute Gasteiger partial charge is 0.250 e. The molecule has 0 radical (unpaired) electrons. The van der Waals surface area contributed by atoms with Crippen LogP contribution in [0.15, 0.2) is 46.2 Å². The highest BCUT2D eigenvalue weighted by Gasteiger charge is 2.00. The highest BCUT2D eigenvalue weighted by atomic mass is 32.2. The first kappa shape index (κ1) is 13.7. The van der Waals surface area contributed by atoms with Crippen LogP contribution >= 0.6 is 11.8 Å². The van der Waals surface area contributed by atoms with Crippen molar-refractivity contribution in [1.82, 2.24) is 4.57 Å². The van der Waals surface area contributed by atoms with Gasteiger partial charge in [0, 0.05) is 35.1 Å². The summed E-state index contributed by atoms with van der Waals surface area (Å²) in [5.41, 5.74) is 8.90. The first-order valence-corrected chi connectivity index (χ1v) is 7.21. The van der Waals surface area contributed by atoms with E-state index in [4.69, 9.17) is 5.73 Å². The van der Waals surface area contributed by atoms with Gasteiger partial charge in [0.15, 0.2) is 0 Å². The zero-order chi connectivity index (χ0) is 13.8. The summed E-state index contributed by atoms with van der Waals surface area (Å²) in [5.74, 6) is 0.853. The van der Waals surface area contributed by atoms with Crippen molar-refractivity contribution in [1.29, 1.82) is 0 Å². The van der Waals surface area contributed by atoms with Crippen LogP contribution in [0.25, 0.3) is 0 Å². The van der Waals surface area contributed by atoms with Crippen LogP contribution < -0.4 is 11.3 Å². The Morgan fingerprint density at radius 2 is 1.95 bits per heavy atom. The van der Waals surface area contributed by atoms with E-state index in [2.05, 4.69) is 32.0 Å². The third-order valence-corrected chi connectivity index (χ3v) is 4.06. The Balaban J connectivity index is 1.98. The number of aryl methyl sites for hydroxylation is 3. The van der Waals surface area contributed by atoms with Crippen LogP contribution in [-0.4, -0.2) is 10.3 Å². The van der Waals surface area contributed by atoms with E-state index in [-0.39, 0.29) is 5.56 Å². The first-order valence-electron chi connectivity index (χ1n) is 6.22. The van der Waals surface area contributed by atoms with E-state index in [0.717, 1.165) is 5.75 Å². The quantitative estimate of drug-likeness (QED) is 0.872. The van der Waals surface area contributed by atoms with Crippen molar-refractivity contribution >= 4 is 17.4 Å². The second-order valence-corrected chi connectivity index (χ2v) is 5.76. The number of nitrogens with zero attached hydrogens (tertiary/aromatic N) is 1. The number of hydrogen-bond donors (Lipinski definition) is 1. The fourth-order valence-electron chi connectivity index (χ4n) is 1.79. The molecule has 0 amide bonds. The topological polar surface area (TPSA) is 48.0 Å². The number of hydrogen-bond acceptors (Lipinski definition) is 3. The number of nitrogens with two attached hydrogens (primary N) is 1. The van der Waals surface area contributed by atoms with Gasteiger partial charge < -0.3 is 10.3 Å². The van der Waals surface area contributed by atoms with E-state index in [1.54, 1.807) is 28.6 Å². The van der Waals surface area contributed by atoms with Crippen molar-refractivity contribution in [2.45, 2.75) is 25.3 Å². The molecule has 2 N–H and O–H groups in total. The number of nitrogen functional groups attached to an aromatic ring is 1. The Bertz CT molecular complexity index is 634. The standard InChI is InChI=1S/C15H18N2OS/c1-11-3-5-14(9-12(11)2)19-8-7-17-10-13(16)4-6-15(17)18/h3-6,9-10H,7-8,16H2,1-2H3. The number of pyridine rings is 1. The third kappa shape index (κ3) is 3.64. The Hall–Kier alpha value is -1.68. The molecule has 2 aromatic rings. The van der Waals surface area contributed by atoms with Crippen LogP contribution in [0.4, 0.5) is 5.69 Å². The van der Waals surface area contributed by atoms with E-state index in [1.165, 1.54) is 22.1 Å². The van der Waals surface area contributed by atoms with Crippen molar-refractivity contribution in [2.24, 2.45) is 0 Å². The van der Waals surface area contributed by atoms with Gasteiger partial charge in [-0.05, 0) is 43.2 Å². The Kier molecular flexibility index (Phi) is 4.32. The fraction of sp³-hybridized carbons (Fsp3) is 0.267. The molecule has 0 spiro atoms. The van der Waals surface area contributed by atoms with Crippen molar-refractivity contribution < 1.29 is 0 Å². The van der Waals surface area contributed by atoms with Crippen LogP contribution in [0.3, 0.4) is 0 Å². The molecule has 100 valence electrons. The highest BCUT2D eigenvalue weighted by molar-refractivity contribution is 7.99. The summed E-state index contributed by atoms with van der Waals surface area (Å²) in [6.45, 7) is 4.89. The van der Waals surface area contributed by atoms with Crippen LogP contribution in [0.1, 0.15) is 11.1 Å². The highest BCUT2D eigenvalue weighted by Crippen LogP contribution is 2.21. The van der Waals surface area contributed by atoms with Gasteiger partial charge in [-0.15, -0.1) is 11.8 Å². The number of anilines is 1. The minimum Gasteiger partial charge on any atom is -0.398 e. The maximum atomic E-state index is 11.6. The molecule has 0 atom stereocenters. The van der Waals surface area contributed by atoms with Gasteiger partial charge in [-0.1, -0.05) is 6.07 Å². The van der Waals surface area contributed by atoms with Crippen molar-refractivity contribution in [3.05, 3.63) is 58.0 Å². The van der Waals surface area contributed by atoms with E-state index < -0.39 is 0 Å². The Morgan fingerprint density at radius 3 is 2.68 bits per heavy atom. The second-order valence-electron chi connectivity index (χ2n) is 4.59. The number of rotatable bonds is 4. The number of thioether (sulfide) groups is 1. The SMILES string of the molecule is Cc1ccc(SCCn2cc(N)ccc2=O)cc1C. The van der Waals surface area contributed by atoms with Crippen molar-refractivity contribution in [3.8, 4) is 0 Å². The fourth-order valence-corrected chi connectivity index (χ4v) is 2.74. The monoisotopic (exact) mass is 274 g/mol. The molecule has 19 heavy (non-hydrogen) atoms. The molecule has 0 aliphatic rings. The number of benzene rings is 1. The summed E-state index contributed by atoms with van der Waals surface area (Å²) < 4.78 is 1.66. The predicted molar refractivity (Wildman–Crippen MR) is 81.8 cm³/mol. The van der Waals surface area contributed by atoms with E-state index >= 15 is 0 Å². The summed E-state index contributed by atoms with van der Waals surface area (Å²) in [4.78, 5) is 12.8. The lowest BCUT2D eigenvalue weighted by Gasteiger charge is -2.07. The molecule has 1 aromatic heterocycles. The predicted octanol–water partition coefficient (Wildman–Crippen LogP) is 2.84. The molecule has 0 fully saturated rings. The molecular weight excluding hydrogens is 256 g/mol. The van der Waals surface area contributed by atoms with Crippen molar-refractivity contribution in [2.75, 3.05) is 11.5 Å². The zero-order valence-electron chi connectivity index (χ0n) is 11.2. The minimum atomic E-state index is -0.00473. The zero-order valence-corrected chi connectivity index (χ0v) is 12.0. The average molecular weight is 274 g/mol.